The van der Waals surface area contributed by atoms with E-state index in [0.717, 1.165) is 35.7 Å². The molecule has 1 fully saturated rings. The second-order valence-electron chi connectivity index (χ2n) is 6.15. The van der Waals surface area contributed by atoms with Crippen molar-refractivity contribution in [2.75, 3.05) is 17.7 Å². The second-order valence-corrected chi connectivity index (χ2v) is 7.21. The predicted molar refractivity (Wildman–Crippen MR) is 102 cm³/mol. The summed E-state index contributed by atoms with van der Waals surface area (Å²) in [7, 11) is 0. The lowest BCUT2D eigenvalue weighted by Crippen LogP contribution is -2.15. The maximum absolute atomic E-state index is 12.7. The number of nitro benzene ring substituents is 1. The highest BCUT2D eigenvalue weighted by atomic mass is 32.2. The van der Waals surface area contributed by atoms with Crippen molar-refractivity contribution in [1.82, 2.24) is 0 Å². The van der Waals surface area contributed by atoms with Gasteiger partial charge in [0.05, 0.1) is 22.3 Å². The highest BCUT2D eigenvalue weighted by Gasteiger charge is 2.19. The van der Waals surface area contributed by atoms with Gasteiger partial charge in [-0.1, -0.05) is 18.2 Å². The fourth-order valence-electron chi connectivity index (χ4n) is 2.79. The molecule has 1 aliphatic heterocycles. The molecule has 0 radical (unpaired) electrons. The number of ether oxygens (including phenoxy) is 1. The van der Waals surface area contributed by atoms with Gasteiger partial charge in [-0.3, -0.25) is 14.9 Å². The number of non-ortho nitro benzene ring substituents is 1. The number of nitrogens with one attached hydrogen (secondary N) is 1. The molecule has 26 heavy (non-hydrogen) atoms. The van der Waals surface area contributed by atoms with Crippen molar-refractivity contribution in [1.29, 1.82) is 0 Å². The van der Waals surface area contributed by atoms with E-state index in [9.17, 15) is 14.9 Å². The van der Waals surface area contributed by atoms with E-state index in [-0.39, 0.29) is 17.7 Å². The Morgan fingerprint density at radius 1 is 1.35 bits per heavy atom. The zero-order valence-electron chi connectivity index (χ0n) is 14.4. The molecule has 1 atom stereocenters. The van der Waals surface area contributed by atoms with Gasteiger partial charge in [-0.25, -0.2) is 0 Å². The van der Waals surface area contributed by atoms with Crippen LogP contribution in [-0.4, -0.2) is 29.3 Å². The minimum atomic E-state index is -0.472. The summed E-state index contributed by atoms with van der Waals surface area (Å²) in [6.07, 6.45) is 2.36. The van der Waals surface area contributed by atoms with Crippen LogP contribution in [0.3, 0.4) is 0 Å². The first kappa shape index (κ1) is 18.4. The molecule has 1 saturated heterocycles. The van der Waals surface area contributed by atoms with Gasteiger partial charge in [-0.15, -0.1) is 11.8 Å². The fraction of sp³-hybridized carbons (Fsp3) is 0.316. The standard InChI is InChI=1S/C19H20N2O4S/c1-13-8-9-14(21(23)24)11-17(13)20-19(22)16-6-2-3-7-18(16)26-12-15-5-4-10-25-15/h2-3,6-9,11,15H,4-5,10,12H2,1H3,(H,20,22). The molecule has 2 aromatic carbocycles. The number of thioether (sulfide) groups is 1. The van der Waals surface area contributed by atoms with E-state index in [1.807, 2.05) is 18.2 Å². The molecule has 0 aliphatic carbocycles. The van der Waals surface area contributed by atoms with Crippen molar-refractivity contribution in [2.24, 2.45) is 0 Å². The molecule has 0 bridgehead atoms. The minimum Gasteiger partial charge on any atom is -0.377 e. The van der Waals surface area contributed by atoms with E-state index in [2.05, 4.69) is 5.32 Å². The van der Waals surface area contributed by atoms with Crippen molar-refractivity contribution >= 4 is 29.0 Å². The number of aryl methyl sites for hydroxylation is 1. The fourth-order valence-corrected chi connectivity index (χ4v) is 3.91. The lowest BCUT2D eigenvalue weighted by Gasteiger charge is -2.13. The van der Waals surface area contributed by atoms with Crippen molar-refractivity contribution in [3.63, 3.8) is 0 Å². The molecule has 0 aromatic heterocycles. The molecule has 1 unspecified atom stereocenters. The van der Waals surface area contributed by atoms with Crippen LogP contribution in [0.4, 0.5) is 11.4 Å². The Morgan fingerprint density at radius 3 is 2.88 bits per heavy atom. The molecule has 0 saturated carbocycles. The van der Waals surface area contributed by atoms with E-state index in [1.165, 1.54) is 12.1 Å². The van der Waals surface area contributed by atoms with Crippen LogP contribution in [0.5, 0.6) is 0 Å². The largest absolute Gasteiger partial charge is 0.377 e. The summed E-state index contributed by atoms with van der Waals surface area (Å²) in [5.41, 5.74) is 1.73. The van der Waals surface area contributed by atoms with Crippen molar-refractivity contribution in [3.8, 4) is 0 Å². The molecule has 7 heteroatoms. The van der Waals surface area contributed by atoms with Crippen LogP contribution in [0.2, 0.25) is 0 Å². The van der Waals surface area contributed by atoms with Gasteiger partial charge < -0.3 is 10.1 Å². The summed E-state index contributed by atoms with van der Waals surface area (Å²) in [6, 6.07) is 11.8. The smallest absolute Gasteiger partial charge is 0.271 e. The SMILES string of the molecule is Cc1ccc([N+](=O)[O-])cc1NC(=O)c1ccccc1SCC1CCCO1. The van der Waals surface area contributed by atoms with Crippen LogP contribution in [0.1, 0.15) is 28.8 Å². The zero-order chi connectivity index (χ0) is 18.5. The molecule has 2 aromatic rings. The third-order valence-electron chi connectivity index (χ3n) is 4.26. The molecule has 136 valence electrons. The van der Waals surface area contributed by atoms with Gasteiger partial charge >= 0.3 is 0 Å². The quantitative estimate of drug-likeness (QED) is 0.461. The summed E-state index contributed by atoms with van der Waals surface area (Å²) < 4.78 is 5.64. The topological polar surface area (TPSA) is 81.5 Å². The van der Waals surface area contributed by atoms with Crippen LogP contribution < -0.4 is 5.32 Å². The summed E-state index contributed by atoms with van der Waals surface area (Å²) in [5, 5.41) is 13.8. The van der Waals surface area contributed by atoms with Gasteiger partial charge in [0.2, 0.25) is 0 Å². The molecule has 1 N–H and O–H groups in total. The number of amides is 1. The van der Waals surface area contributed by atoms with Gasteiger partial charge in [0.25, 0.3) is 11.6 Å². The number of anilines is 1. The normalized spacial score (nSPS) is 16.4. The lowest BCUT2D eigenvalue weighted by atomic mass is 10.1. The zero-order valence-corrected chi connectivity index (χ0v) is 15.3. The molecule has 1 amide bonds. The van der Waals surface area contributed by atoms with Crippen LogP contribution in [0.15, 0.2) is 47.4 Å². The van der Waals surface area contributed by atoms with E-state index in [4.69, 9.17) is 4.74 Å². The van der Waals surface area contributed by atoms with Crippen LogP contribution >= 0.6 is 11.8 Å². The molecule has 6 nitrogen and oxygen atoms in total. The molecule has 0 spiro atoms. The van der Waals surface area contributed by atoms with Crippen LogP contribution in [-0.2, 0) is 4.74 Å². The van der Waals surface area contributed by atoms with Crippen LogP contribution in [0.25, 0.3) is 0 Å². The Hall–Kier alpha value is -2.38. The van der Waals surface area contributed by atoms with Gasteiger partial charge in [-0.2, -0.15) is 0 Å². The van der Waals surface area contributed by atoms with Gasteiger partial charge in [0.15, 0.2) is 0 Å². The van der Waals surface area contributed by atoms with Gasteiger partial charge in [-0.05, 0) is 37.5 Å². The number of benzene rings is 2. The van der Waals surface area contributed by atoms with Gasteiger partial charge in [0, 0.05) is 29.4 Å². The molecule has 1 aliphatic rings. The van der Waals surface area contributed by atoms with E-state index >= 15 is 0 Å². The third-order valence-corrected chi connectivity index (χ3v) is 5.47. The summed E-state index contributed by atoms with van der Waals surface area (Å²) in [4.78, 5) is 24.1. The predicted octanol–water partition coefficient (Wildman–Crippen LogP) is 4.43. The molecule has 1 heterocycles. The number of hydrogen-bond donors (Lipinski definition) is 1. The average molecular weight is 372 g/mol. The highest BCUT2D eigenvalue weighted by Crippen LogP contribution is 2.28. The maximum atomic E-state index is 12.7. The van der Waals surface area contributed by atoms with Crippen molar-refractivity contribution in [2.45, 2.75) is 30.8 Å². The maximum Gasteiger partial charge on any atom is 0.271 e. The summed E-state index contributed by atoms with van der Waals surface area (Å²) in [6.45, 7) is 2.61. The second kappa shape index (κ2) is 8.33. The number of carbonyl (C=O) groups is 1. The van der Waals surface area contributed by atoms with Crippen LogP contribution in [0, 0.1) is 17.0 Å². The molecule has 3 rings (SSSR count). The Morgan fingerprint density at radius 2 is 2.15 bits per heavy atom. The average Bonchev–Trinajstić information content (AvgIpc) is 3.15. The van der Waals surface area contributed by atoms with Crippen molar-refractivity contribution in [3.05, 3.63) is 63.7 Å². The van der Waals surface area contributed by atoms with Gasteiger partial charge in [0.1, 0.15) is 0 Å². The Balaban J connectivity index is 1.75. The first-order valence-electron chi connectivity index (χ1n) is 8.44. The Labute approximate surface area is 156 Å². The lowest BCUT2D eigenvalue weighted by molar-refractivity contribution is -0.384. The number of carbonyl (C=O) groups excluding carboxylic acids is 1. The summed E-state index contributed by atoms with van der Waals surface area (Å²) in [5.74, 6) is 0.532. The first-order valence-corrected chi connectivity index (χ1v) is 9.43. The van der Waals surface area contributed by atoms with E-state index in [0.29, 0.717) is 11.3 Å². The molecular weight excluding hydrogens is 352 g/mol. The van der Waals surface area contributed by atoms with E-state index in [1.54, 1.807) is 30.8 Å². The monoisotopic (exact) mass is 372 g/mol. The summed E-state index contributed by atoms with van der Waals surface area (Å²) >= 11 is 1.60. The van der Waals surface area contributed by atoms with Crippen molar-refractivity contribution < 1.29 is 14.5 Å². The number of hydrogen-bond acceptors (Lipinski definition) is 5. The Kier molecular flexibility index (Phi) is 5.90. The first-order chi connectivity index (χ1) is 12.5. The minimum absolute atomic E-state index is 0.0491. The number of rotatable bonds is 6. The number of nitrogens with zero attached hydrogens (tertiary/aromatic N) is 1. The molecular formula is C19H20N2O4S. The highest BCUT2D eigenvalue weighted by molar-refractivity contribution is 7.99. The Bertz CT molecular complexity index is 819. The van der Waals surface area contributed by atoms with E-state index < -0.39 is 4.92 Å². The third kappa shape index (κ3) is 4.42. The number of nitro groups is 1.